The van der Waals surface area contributed by atoms with Crippen LogP contribution < -0.4 is 0 Å². The van der Waals surface area contributed by atoms with Gasteiger partial charge in [-0.25, -0.2) is 17.6 Å². The van der Waals surface area contributed by atoms with Gasteiger partial charge in [0.1, 0.15) is 23.3 Å². The third-order valence-corrected chi connectivity index (χ3v) is 5.47. The molecule has 4 heteroatoms. The summed E-state index contributed by atoms with van der Waals surface area (Å²) in [5.41, 5.74) is 3.51. The Hall–Kier alpha value is -2.62. The molecular formula is C26H26F4. The highest BCUT2D eigenvalue weighted by atomic mass is 19.1. The van der Waals surface area contributed by atoms with Gasteiger partial charge in [0.2, 0.25) is 0 Å². The minimum Gasteiger partial charge on any atom is -0.207 e. The lowest BCUT2D eigenvalue weighted by Gasteiger charge is -2.09. The number of hydrogen-bond acceptors (Lipinski definition) is 0. The first kappa shape index (κ1) is 22.1. The molecular weight excluding hydrogens is 388 g/mol. The minimum absolute atomic E-state index is 0.0379. The molecule has 30 heavy (non-hydrogen) atoms. The lowest BCUT2D eigenvalue weighted by Crippen LogP contribution is -2.01. The van der Waals surface area contributed by atoms with Crippen molar-refractivity contribution < 1.29 is 17.6 Å². The molecule has 0 nitrogen and oxygen atoms in total. The normalized spacial score (nSPS) is 11.1. The second-order valence-electron chi connectivity index (χ2n) is 7.79. The number of aryl methyl sites for hydroxylation is 4. The van der Waals surface area contributed by atoms with E-state index >= 15 is 0 Å². The predicted molar refractivity (Wildman–Crippen MR) is 113 cm³/mol. The maximum Gasteiger partial charge on any atom is 0.129 e. The van der Waals surface area contributed by atoms with Crippen molar-refractivity contribution in [2.45, 2.75) is 52.4 Å². The fraction of sp³-hybridized carbons (Fsp3) is 0.308. The molecule has 0 bridgehead atoms. The molecule has 0 N–H and O–H groups in total. The van der Waals surface area contributed by atoms with Crippen molar-refractivity contribution in [3.05, 3.63) is 105 Å². The Morgan fingerprint density at radius 3 is 1.43 bits per heavy atom. The van der Waals surface area contributed by atoms with E-state index in [1.54, 1.807) is 0 Å². The third kappa shape index (κ3) is 5.50. The smallest absolute Gasteiger partial charge is 0.129 e. The van der Waals surface area contributed by atoms with E-state index in [4.69, 9.17) is 0 Å². The first-order valence-electron chi connectivity index (χ1n) is 10.4. The highest BCUT2D eigenvalue weighted by molar-refractivity contribution is 5.30. The van der Waals surface area contributed by atoms with Crippen LogP contribution in [0.1, 0.15) is 46.7 Å². The second kappa shape index (κ2) is 9.92. The van der Waals surface area contributed by atoms with Crippen molar-refractivity contribution >= 4 is 0 Å². The summed E-state index contributed by atoms with van der Waals surface area (Å²) >= 11 is 0. The van der Waals surface area contributed by atoms with Gasteiger partial charge >= 0.3 is 0 Å². The molecule has 0 aromatic heterocycles. The fourth-order valence-corrected chi connectivity index (χ4v) is 3.60. The molecule has 3 aromatic rings. The summed E-state index contributed by atoms with van der Waals surface area (Å²) in [5, 5.41) is 0. The van der Waals surface area contributed by atoms with E-state index in [9.17, 15) is 17.6 Å². The lowest BCUT2D eigenvalue weighted by atomic mass is 9.98. The first-order chi connectivity index (χ1) is 14.4. The van der Waals surface area contributed by atoms with Gasteiger partial charge in [0.05, 0.1) is 0 Å². The van der Waals surface area contributed by atoms with Crippen molar-refractivity contribution in [2.75, 3.05) is 0 Å². The van der Waals surface area contributed by atoms with Crippen LogP contribution in [0, 0.1) is 30.2 Å². The summed E-state index contributed by atoms with van der Waals surface area (Å²) in [4.78, 5) is 0. The maximum absolute atomic E-state index is 14.3. The van der Waals surface area contributed by atoms with Gasteiger partial charge in [0.25, 0.3) is 0 Å². The number of halogens is 4. The molecule has 0 aliphatic carbocycles. The summed E-state index contributed by atoms with van der Waals surface area (Å²) < 4.78 is 55.8. The van der Waals surface area contributed by atoms with Crippen LogP contribution in [0.15, 0.2) is 48.5 Å². The number of benzene rings is 3. The van der Waals surface area contributed by atoms with Gasteiger partial charge in [-0.3, -0.25) is 0 Å². The molecule has 0 radical (unpaired) electrons. The van der Waals surface area contributed by atoms with Gasteiger partial charge in [-0.15, -0.1) is 0 Å². The molecule has 0 saturated carbocycles. The molecule has 0 unspecified atom stereocenters. The molecule has 0 saturated heterocycles. The van der Waals surface area contributed by atoms with Gasteiger partial charge in [0, 0.05) is 11.1 Å². The lowest BCUT2D eigenvalue weighted by molar-refractivity contribution is 0.551. The number of hydrogen-bond donors (Lipinski definition) is 0. The van der Waals surface area contributed by atoms with Crippen LogP contribution in [-0.4, -0.2) is 0 Å². The van der Waals surface area contributed by atoms with Gasteiger partial charge in [-0.2, -0.15) is 0 Å². The van der Waals surface area contributed by atoms with Crippen LogP contribution in [-0.2, 0) is 32.1 Å². The molecule has 0 amide bonds. The van der Waals surface area contributed by atoms with Crippen molar-refractivity contribution in [1.82, 2.24) is 0 Å². The predicted octanol–water partition coefficient (Wildman–Crippen LogP) is 7.07. The largest absolute Gasteiger partial charge is 0.207 e. The monoisotopic (exact) mass is 414 g/mol. The molecule has 0 atom stereocenters. The van der Waals surface area contributed by atoms with Gasteiger partial charge in [-0.05, 0) is 85.5 Å². The molecule has 158 valence electrons. The summed E-state index contributed by atoms with van der Waals surface area (Å²) in [7, 11) is 0. The van der Waals surface area contributed by atoms with Crippen molar-refractivity contribution in [1.29, 1.82) is 0 Å². The molecule has 3 rings (SSSR count). The van der Waals surface area contributed by atoms with E-state index in [0.717, 1.165) is 17.5 Å². The third-order valence-electron chi connectivity index (χ3n) is 5.47. The van der Waals surface area contributed by atoms with E-state index in [1.165, 1.54) is 31.2 Å². The Bertz CT molecular complexity index is 960. The van der Waals surface area contributed by atoms with Crippen LogP contribution >= 0.6 is 0 Å². The molecule has 0 aliphatic rings. The molecule has 0 spiro atoms. The Morgan fingerprint density at radius 1 is 0.533 bits per heavy atom. The summed E-state index contributed by atoms with van der Waals surface area (Å²) in [6.07, 6.45) is 3.54. The van der Waals surface area contributed by atoms with E-state index in [-0.39, 0.29) is 11.1 Å². The van der Waals surface area contributed by atoms with Crippen LogP contribution in [0.3, 0.4) is 0 Å². The van der Waals surface area contributed by atoms with Gasteiger partial charge in [-0.1, -0.05) is 37.6 Å². The average Bonchev–Trinajstić information content (AvgIpc) is 2.71. The SMILES string of the molecule is CCCc1cc(F)c(CCc2ccc(CCc3cc(F)c(C)c(F)c3)cc2)c(F)c1. The Labute approximate surface area is 175 Å². The van der Waals surface area contributed by atoms with E-state index in [0.29, 0.717) is 43.2 Å². The maximum atomic E-state index is 14.3. The molecule has 3 aromatic carbocycles. The average molecular weight is 414 g/mol. The van der Waals surface area contributed by atoms with Gasteiger partial charge < -0.3 is 0 Å². The quantitative estimate of drug-likeness (QED) is 0.346. The van der Waals surface area contributed by atoms with Crippen LogP contribution in [0.4, 0.5) is 17.6 Å². The zero-order valence-electron chi connectivity index (χ0n) is 17.4. The van der Waals surface area contributed by atoms with Crippen molar-refractivity contribution in [3.63, 3.8) is 0 Å². The van der Waals surface area contributed by atoms with Crippen LogP contribution in [0.25, 0.3) is 0 Å². The topological polar surface area (TPSA) is 0 Å². The zero-order valence-corrected chi connectivity index (χ0v) is 17.4. The standard InChI is InChI=1S/C26H26F4/c1-3-4-20-15-25(29)22(26(30)16-20)12-11-19-7-5-18(6-8-19)9-10-21-13-23(27)17(2)24(28)14-21/h5-8,13-16H,3-4,9-12H2,1-2H3. The zero-order chi connectivity index (χ0) is 21.7. The highest BCUT2D eigenvalue weighted by Gasteiger charge is 2.11. The molecule has 0 aliphatic heterocycles. The Morgan fingerprint density at radius 2 is 0.933 bits per heavy atom. The molecule has 0 fully saturated rings. The minimum atomic E-state index is -0.525. The van der Waals surface area contributed by atoms with Crippen molar-refractivity contribution in [3.8, 4) is 0 Å². The fourth-order valence-electron chi connectivity index (χ4n) is 3.60. The number of rotatable bonds is 8. The molecule has 0 heterocycles. The Balaban J connectivity index is 1.59. The van der Waals surface area contributed by atoms with Crippen molar-refractivity contribution in [2.24, 2.45) is 0 Å². The van der Waals surface area contributed by atoms with Crippen LogP contribution in [0.5, 0.6) is 0 Å². The van der Waals surface area contributed by atoms with E-state index in [2.05, 4.69) is 0 Å². The highest BCUT2D eigenvalue weighted by Crippen LogP contribution is 2.20. The summed E-state index contributed by atoms with van der Waals surface area (Å²) in [6, 6.07) is 13.4. The van der Waals surface area contributed by atoms with Gasteiger partial charge in [0.15, 0.2) is 0 Å². The van der Waals surface area contributed by atoms with E-state index < -0.39 is 23.3 Å². The van der Waals surface area contributed by atoms with E-state index in [1.807, 2.05) is 31.2 Å². The Kier molecular flexibility index (Phi) is 7.30. The summed E-state index contributed by atoms with van der Waals surface area (Å²) in [5.74, 6) is -2.01. The van der Waals surface area contributed by atoms with Crippen LogP contribution in [0.2, 0.25) is 0 Å². The second-order valence-corrected chi connectivity index (χ2v) is 7.79. The first-order valence-corrected chi connectivity index (χ1v) is 10.4. The summed E-state index contributed by atoms with van der Waals surface area (Å²) in [6.45, 7) is 3.40.